The lowest BCUT2D eigenvalue weighted by molar-refractivity contribution is 0.260. The smallest absolute Gasteiger partial charge is 0.123 e. The molecule has 0 bridgehead atoms. The molecule has 0 aliphatic carbocycles. The molecule has 0 saturated heterocycles. The number of nitrogens with zero attached hydrogens (tertiary/aromatic N) is 1. The van der Waals surface area contributed by atoms with Crippen molar-refractivity contribution in [2.24, 2.45) is 0 Å². The maximum Gasteiger partial charge on any atom is 0.123 e. The van der Waals surface area contributed by atoms with E-state index in [4.69, 9.17) is 9.84 Å². The summed E-state index contributed by atoms with van der Waals surface area (Å²) in [5.74, 6) is 0.948. The van der Waals surface area contributed by atoms with Gasteiger partial charge in [0.15, 0.2) is 0 Å². The molecule has 1 N–H and O–H groups in total. The van der Waals surface area contributed by atoms with E-state index in [1.54, 1.807) is 18.2 Å². The van der Waals surface area contributed by atoms with Gasteiger partial charge in [0.25, 0.3) is 0 Å². The first-order valence-electron chi connectivity index (χ1n) is 4.25. The number of hydrogen-bond acceptors (Lipinski definition) is 3. The lowest BCUT2D eigenvalue weighted by Gasteiger charge is -2.10. The molecule has 0 amide bonds. The summed E-state index contributed by atoms with van der Waals surface area (Å²) in [7, 11) is 3.98. The molecule has 1 rings (SSSR count). The molecule has 3 nitrogen and oxygen atoms in total. The van der Waals surface area contributed by atoms with Crippen LogP contribution >= 0.6 is 0 Å². The zero-order valence-electron chi connectivity index (χ0n) is 8.03. The number of phenolic OH excluding ortho intramolecular Hbond substituents is 1. The summed E-state index contributed by atoms with van der Waals surface area (Å²) in [5, 5.41) is 9.13. The molecular formula is C10H15NO2. The third kappa shape index (κ3) is 3.80. The SMILES string of the molecule is CN(C)CCOc1cccc(O)c1. The van der Waals surface area contributed by atoms with Crippen LogP contribution in [0.15, 0.2) is 24.3 Å². The first-order valence-corrected chi connectivity index (χ1v) is 4.25. The van der Waals surface area contributed by atoms with Crippen LogP contribution in [0.3, 0.4) is 0 Å². The van der Waals surface area contributed by atoms with Gasteiger partial charge in [-0.15, -0.1) is 0 Å². The molecule has 3 heteroatoms. The number of phenols is 1. The quantitative estimate of drug-likeness (QED) is 0.760. The summed E-state index contributed by atoms with van der Waals surface area (Å²) >= 11 is 0. The van der Waals surface area contributed by atoms with Gasteiger partial charge in [-0.25, -0.2) is 0 Å². The van der Waals surface area contributed by atoms with Gasteiger partial charge in [-0.3, -0.25) is 0 Å². The molecule has 0 unspecified atom stereocenters. The van der Waals surface area contributed by atoms with Gasteiger partial charge in [-0.2, -0.15) is 0 Å². The molecule has 0 spiro atoms. The third-order valence-corrected chi connectivity index (χ3v) is 1.62. The van der Waals surface area contributed by atoms with Gasteiger partial charge >= 0.3 is 0 Å². The van der Waals surface area contributed by atoms with Crippen molar-refractivity contribution in [2.75, 3.05) is 27.2 Å². The van der Waals surface area contributed by atoms with Crippen LogP contribution in [0.2, 0.25) is 0 Å². The molecule has 0 radical (unpaired) electrons. The van der Waals surface area contributed by atoms with Gasteiger partial charge in [0.2, 0.25) is 0 Å². The monoisotopic (exact) mass is 181 g/mol. The Kier molecular flexibility index (Phi) is 3.58. The van der Waals surface area contributed by atoms with Gasteiger partial charge in [0.05, 0.1) is 0 Å². The highest BCUT2D eigenvalue weighted by molar-refractivity contribution is 5.31. The summed E-state index contributed by atoms with van der Waals surface area (Å²) < 4.78 is 5.40. The van der Waals surface area contributed by atoms with Crippen LogP contribution in [0.1, 0.15) is 0 Å². The number of hydrogen-bond donors (Lipinski definition) is 1. The molecule has 1 aromatic carbocycles. The number of rotatable bonds is 4. The number of likely N-dealkylation sites (N-methyl/N-ethyl adjacent to an activating group) is 1. The molecule has 0 aromatic heterocycles. The molecule has 0 atom stereocenters. The highest BCUT2D eigenvalue weighted by atomic mass is 16.5. The van der Waals surface area contributed by atoms with Crippen molar-refractivity contribution in [3.63, 3.8) is 0 Å². The Labute approximate surface area is 78.6 Å². The van der Waals surface area contributed by atoms with Crippen molar-refractivity contribution in [3.05, 3.63) is 24.3 Å². The zero-order chi connectivity index (χ0) is 9.68. The van der Waals surface area contributed by atoms with E-state index in [0.717, 1.165) is 6.54 Å². The van der Waals surface area contributed by atoms with E-state index in [1.165, 1.54) is 0 Å². The predicted octanol–water partition coefficient (Wildman–Crippen LogP) is 1.33. The molecule has 0 aliphatic heterocycles. The van der Waals surface area contributed by atoms with Crippen molar-refractivity contribution in [2.45, 2.75) is 0 Å². The van der Waals surface area contributed by atoms with Crippen LogP contribution in [0.5, 0.6) is 11.5 Å². The maximum absolute atomic E-state index is 9.13. The second-order valence-corrected chi connectivity index (χ2v) is 3.15. The van der Waals surface area contributed by atoms with E-state index in [-0.39, 0.29) is 5.75 Å². The fraction of sp³-hybridized carbons (Fsp3) is 0.400. The van der Waals surface area contributed by atoms with Crippen LogP contribution in [-0.2, 0) is 0 Å². The van der Waals surface area contributed by atoms with Crippen molar-refractivity contribution in [1.29, 1.82) is 0 Å². The average molecular weight is 181 g/mol. The number of aromatic hydroxyl groups is 1. The normalized spacial score (nSPS) is 10.4. The minimum atomic E-state index is 0.238. The second-order valence-electron chi connectivity index (χ2n) is 3.15. The molecule has 13 heavy (non-hydrogen) atoms. The van der Waals surface area contributed by atoms with Crippen LogP contribution in [0, 0.1) is 0 Å². The summed E-state index contributed by atoms with van der Waals surface area (Å²) in [6, 6.07) is 6.82. The minimum absolute atomic E-state index is 0.238. The molecule has 0 heterocycles. The van der Waals surface area contributed by atoms with Crippen molar-refractivity contribution >= 4 is 0 Å². The highest BCUT2D eigenvalue weighted by Crippen LogP contribution is 2.17. The maximum atomic E-state index is 9.13. The fourth-order valence-electron chi connectivity index (χ4n) is 0.919. The van der Waals surface area contributed by atoms with E-state index < -0.39 is 0 Å². The summed E-state index contributed by atoms with van der Waals surface area (Å²) in [6.07, 6.45) is 0. The zero-order valence-corrected chi connectivity index (χ0v) is 8.03. The molecule has 1 aromatic rings. The Hall–Kier alpha value is -1.22. The van der Waals surface area contributed by atoms with Gasteiger partial charge in [0.1, 0.15) is 18.1 Å². The van der Waals surface area contributed by atoms with E-state index in [1.807, 2.05) is 25.1 Å². The van der Waals surface area contributed by atoms with E-state index in [2.05, 4.69) is 0 Å². The van der Waals surface area contributed by atoms with Crippen LogP contribution in [0.4, 0.5) is 0 Å². The van der Waals surface area contributed by atoms with Gasteiger partial charge in [0, 0.05) is 12.6 Å². The Balaban J connectivity index is 2.37. The average Bonchev–Trinajstić information content (AvgIpc) is 2.03. The number of benzene rings is 1. The largest absolute Gasteiger partial charge is 0.508 e. The van der Waals surface area contributed by atoms with E-state index in [0.29, 0.717) is 12.4 Å². The van der Waals surface area contributed by atoms with Gasteiger partial charge in [-0.1, -0.05) is 6.07 Å². The van der Waals surface area contributed by atoms with Crippen LogP contribution < -0.4 is 4.74 Å². The Morgan fingerprint density at radius 1 is 1.38 bits per heavy atom. The van der Waals surface area contributed by atoms with Gasteiger partial charge < -0.3 is 14.7 Å². The van der Waals surface area contributed by atoms with Crippen molar-refractivity contribution in [1.82, 2.24) is 4.90 Å². The minimum Gasteiger partial charge on any atom is -0.508 e. The highest BCUT2D eigenvalue weighted by Gasteiger charge is 1.95. The van der Waals surface area contributed by atoms with Crippen LogP contribution in [0.25, 0.3) is 0 Å². The first kappa shape index (κ1) is 9.86. The lowest BCUT2D eigenvalue weighted by Crippen LogP contribution is -2.19. The van der Waals surface area contributed by atoms with Crippen molar-refractivity contribution < 1.29 is 9.84 Å². The fourth-order valence-corrected chi connectivity index (χ4v) is 0.919. The summed E-state index contributed by atoms with van der Waals surface area (Å²) in [4.78, 5) is 2.04. The van der Waals surface area contributed by atoms with Gasteiger partial charge in [-0.05, 0) is 26.2 Å². The lowest BCUT2D eigenvalue weighted by atomic mass is 10.3. The molecule has 0 saturated carbocycles. The topological polar surface area (TPSA) is 32.7 Å². The molecule has 0 aliphatic rings. The molecule has 72 valence electrons. The number of ether oxygens (including phenoxy) is 1. The van der Waals surface area contributed by atoms with E-state index in [9.17, 15) is 0 Å². The Morgan fingerprint density at radius 2 is 2.15 bits per heavy atom. The standard InChI is InChI=1S/C10H15NO2/c1-11(2)6-7-13-10-5-3-4-9(12)8-10/h3-5,8,12H,6-7H2,1-2H3. The van der Waals surface area contributed by atoms with E-state index >= 15 is 0 Å². The molecule has 0 fully saturated rings. The molecular weight excluding hydrogens is 166 g/mol. The van der Waals surface area contributed by atoms with Crippen molar-refractivity contribution in [3.8, 4) is 11.5 Å². The Bertz CT molecular complexity index is 261. The van der Waals surface area contributed by atoms with Crippen LogP contribution in [-0.4, -0.2) is 37.3 Å². The predicted molar refractivity (Wildman–Crippen MR) is 52.2 cm³/mol. The third-order valence-electron chi connectivity index (χ3n) is 1.62. The second kappa shape index (κ2) is 4.72. The summed E-state index contributed by atoms with van der Waals surface area (Å²) in [5.41, 5.74) is 0. The summed E-state index contributed by atoms with van der Waals surface area (Å²) in [6.45, 7) is 1.51. The Morgan fingerprint density at radius 3 is 2.77 bits per heavy atom. The first-order chi connectivity index (χ1) is 6.18.